The zero-order valence-electron chi connectivity index (χ0n) is 9.28. The lowest BCUT2D eigenvalue weighted by Gasteiger charge is -2.12. The van der Waals surface area contributed by atoms with Crippen LogP contribution in [-0.2, 0) is 0 Å². The number of hydrogen-bond donors (Lipinski definition) is 2. The third kappa shape index (κ3) is 2.75. The summed E-state index contributed by atoms with van der Waals surface area (Å²) in [5, 5.41) is 2.32. The predicted octanol–water partition coefficient (Wildman–Crippen LogP) is 4.17. The number of rotatable bonds is 2. The molecule has 0 saturated heterocycles. The van der Waals surface area contributed by atoms with Crippen LogP contribution in [0.25, 0.3) is 0 Å². The molecule has 19 heavy (non-hydrogen) atoms. The Morgan fingerprint density at radius 1 is 0.947 bits per heavy atom. The van der Waals surface area contributed by atoms with E-state index < -0.39 is 29.0 Å². The Morgan fingerprint density at radius 2 is 1.53 bits per heavy atom. The second-order valence-corrected chi connectivity index (χ2v) is 4.87. The maximum atomic E-state index is 13.5. The molecule has 0 fully saturated rings. The van der Waals surface area contributed by atoms with Gasteiger partial charge in [0.05, 0.1) is 5.69 Å². The highest BCUT2D eigenvalue weighted by Crippen LogP contribution is 2.30. The maximum absolute atomic E-state index is 13.5. The van der Waals surface area contributed by atoms with Crippen LogP contribution in [0.5, 0.6) is 0 Å². The Bertz CT molecular complexity index is 620. The summed E-state index contributed by atoms with van der Waals surface area (Å²) in [6.45, 7) is 0. The molecule has 0 aliphatic carbocycles. The molecular weight excluding hydrogens is 375 g/mol. The standard InChI is InChI=1S/C12H7F4IN2/c13-6-4-7(14)11(16)12(10(6)15)19-9-2-1-5(18)3-8(9)17/h1-4,19H,18H2. The third-order valence-corrected chi connectivity index (χ3v) is 3.26. The Hall–Kier alpha value is -1.51. The van der Waals surface area contributed by atoms with Crippen LogP contribution in [-0.4, -0.2) is 0 Å². The summed E-state index contributed by atoms with van der Waals surface area (Å²) in [4.78, 5) is 0. The van der Waals surface area contributed by atoms with Crippen LogP contribution in [0, 0.1) is 26.8 Å². The molecule has 7 heteroatoms. The van der Waals surface area contributed by atoms with Crippen LogP contribution in [0.1, 0.15) is 0 Å². The van der Waals surface area contributed by atoms with Gasteiger partial charge in [0.2, 0.25) is 0 Å². The normalized spacial score (nSPS) is 10.6. The Balaban J connectivity index is 2.49. The summed E-state index contributed by atoms with van der Waals surface area (Å²) < 4.78 is 53.6. The van der Waals surface area contributed by atoms with Gasteiger partial charge in [-0.05, 0) is 40.8 Å². The SMILES string of the molecule is Nc1ccc(Nc2c(F)c(F)cc(F)c2F)c(I)c1. The van der Waals surface area contributed by atoms with Gasteiger partial charge in [0, 0.05) is 15.3 Å². The minimum atomic E-state index is -1.48. The molecule has 0 heterocycles. The molecular formula is C12H7F4IN2. The lowest BCUT2D eigenvalue weighted by Crippen LogP contribution is -2.04. The Kier molecular flexibility index (Phi) is 3.83. The molecule has 0 aliphatic rings. The third-order valence-electron chi connectivity index (χ3n) is 2.36. The predicted molar refractivity (Wildman–Crippen MR) is 73.1 cm³/mol. The summed E-state index contributed by atoms with van der Waals surface area (Å²) in [7, 11) is 0. The molecule has 2 rings (SSSR count). The number of nitrogen functional groups attached to an aromatic ring is 1. The van der Waals surface area contributed by atoms with Crippen LogP contribution in [0.2, 0.25) is 0 Å². The van der Waals surface area contributed by atoms with Gasteiger partial charge in [-0.2, -0.15) is 0 Å². The van der Waals surface area contributed by atoms with Gasteiger partial charge in [-0.25, -0.2) is 17.6 Å². The molecule has 0 spiro atoms. The van der Waals surface area contributed by atoms with Crippen molar-refractivity contribution in [3.8, 4) is 0 Å². The topological polar surface area (TPSA) is 38.0 Å². The number of nitrogens with one attached hydrogen (secondary N) is 1. The highest BCUT2D eigenvalue weighted by atomic mass is 127. The van der Waals surface area contributed by atoms with Crippen LogP contribution in [0.15, 0.2) is 24.3 Å². The van der Waals surface area contributed by atoms with E-state index in [9.17, 15) is 17.6 Å². The van der Waals surface area contributed by atoms with Gasteiger partial charge in [0.15, 0.2) is 23.3 Å². The molecule has 0 amide bonds. The molecule has 0 atom stereocenters. The van der Waals surface area contributed by atoms with Crippen molar-refractivity contribution in [3.63, 3.8) is 0 Å². The van der Waals surface area contributed by atoms with E-state index in [0.717, 1.165) is 0 Å². The van der Waals surface area contributed by atoms with E-state index in [0.29, 0.717) is 9.26 Å². The first-order valence-corrected chi connectivity index (χ1v) is 6.13. The Morgan fingerprint density at radius 3 is 2.05 bits per heavy atom. The zero-order chi connectivity index (χ0) is 14.2. The van der Waals surface area contributed by atoms with Crippen LogP contribution in [0.3, 0.4) is 0 Å². The largest absolute Gasteiger partial charge is 0.399 e. The van der Waals surface area contributed by atoms with E-state index in [2.05, 4.69) is 5.32 Å². The first kappa shape index (κ1) is 13.9. The van der Waals surface area contributed by atoms with E-state index in [1.54, 1.807) is 6.07 Å². The first-order valence-electron chi connectivity index (χ1n) is 5.05. The number of hydrogen-bond acceptors (Lipinski definition) is 2. The summed E-state index contributed by atoms with van der Waals surface area (Å²) >= 11 is 1.88. The van der Waals surface area contributed by atoms with Gasteiger partial charge in [-0.15, -0.1) is 0 Å². The number of anilines is 3. The molecule has 3 N–H and O–H groups in total. The van der Waals surface area contributed by atoms with Crippen LogP contribution < -0.4 is 11.1 Å². The van der Waals surface area contributed by atoms with Crippen LogP contribution >= 0.6 is 22.6 Å². The zero-order valence-corrected chi connectivity index (χ0v) is 11.4. The van der Waals surface area contributed by atoms with E-state index in [-0.39, 0.29) is 11.8 Å². The summed E-state index contributed by atoms with van der Waals surface area (Å²) in [5.41, 5.74) is 5.40. The van der Waals surface area contributed by atoms with Crippen LogP contribution in [0.4, 0.5) is 34.6 Å². The van der Waals surface area contributed by atoms with Gasteiger partial charge >= 0.3 is 0 Å². The minimum absolute atomic E-state index is 0.157. The average molecular weight is 382 g/mol. The van der Waals surface area contributed by atoms with Crippen molar-refractivity contribution in [3.05, 3.63) is 51.1 Å². The summed E-state index contributed by atoms with van der Waals surface area (Å²) in [6, 6.07) is 4.66. The van der Waals surface area contributed by atoms with Crippen molar-refractivity contribution in [1.29, 1.82) is 0 Å². The van der Waals surface area contributed by atoms with Crippen molar-refractivity contribution in [2.75, 3.05) is 11.1 Å². The van der Waals surface area contributed by atoms with Crippen molar-refractivity contribution >= 4 is 39.7 Å². The summed E-state index contributed by atoms with van der Waals surface area (Å²) in [5.74, 6) is -5.89. The van der Waals surface area contributed by atoms with Gasteiger partial charge < -0.3 is 11.1 Å². The second-order valence-electron chi connectivity index (χ2n) is 3.71. The quantitative estimate of drug-likeness (QED) is 0.354. The molecule has 0 bridgehead atoms. The van der Waals surface area contributed by atoms with E-state index >= 15 is 0 Å². The van der Waals surface area contributed by atoms with Crippen molar-refractivity contribution in [1.82, 2.24) is 0 Å². The second kappa shape index (κ2) is 5.24. The monoisotopic (exact) mass is 382 g/mol. The number of halogens is 5. The van der Waals surface area contributed by atoms with E-state index in [1.165, 1.54) is 12.1 Å². The fourth-order valence-electron chi connectivity index (χ4n) is 1.45. The van der Waals surface area contributed by atoms with Crippen molar-refractivity contribution in [2.24, 2.45) is 0 Å². The molecule has 100 valence electrons. The van der Waals surface area contributed by atoms with E-state index in [4.69, 9.17) is 5.73 Å². The molecule has 0 saturated carbocycles. The lowest BCUT2D eigenvalue weighted by atomic mass is 10.2. The molecule has 2 nitrogen and oxygen atoms in total. The average Bonchev–Trinajstić information content (AvgIpc) is 2.34. The number of nitrogens with two attached hydrogens (primary N) is 1. The fourth-order valence-corrected chi connectivity index (χ4v) is 2.12. The molecule has 0 unspecified atom stereocenters. The van der Waals surface area contributed by atoms with Gasteiger partial charge in [0.1, 0.15) is 5.69 Å². The van der Waals surface area contributed by atoms with Gasteiger partial charge in [-0.3, -0.25) is 0 Å². The summed E-state index contributed by atoms with van der Waals surface area (Å²) in [6.07, 6.45) is 0. The highest BCUT2D eigenvalue weighted by Gasteiger charge is 2.19. The lowest BCUT2D eigenvalue weighted by molar-refractivity contribution is 0.459. The minimum Gasteiger partial charge on any atom is -0.399 e. The Labute approximate surface area is 119 Å². The van der Waals surface area contributed by atoms with Crippen molar-refractivity contribution < 1.29 is 17.6 Å². The smallest absolute Gasteiger partial charge is 0.185 e. The number of benzene rings is 2. The van der Waals surface area contributed by atoms with E-state index in [1.807, 2.05) is 22.6 Å². The first-order chi connectivity index (χ1) is 8.90. The molecule has 0 radical (unpaired) electrons. The van der Waals surface area contributed by atoms with Gasteiger partial charge in [0.25, 0.3) is 0 Å². The fraction of sp³-hybridized carbons (Fsp3) is 0. The maximum Gasteiger partial charge on any atom is 0.185 e. The highest BCUT2D eigenvalue weighted by molar-refractivity contribution is 14.1. The molecule has 2 aromatic rings. The molecule has 0 aromatic heterocycles. The molecule has 2 aromatic carbocycles. The van der Waals surface area contributed by atoms with Gasteiger partial charge in [-0.1, -0.05) is 0 Å². The van der Waals surface area contributed by atoms with Crippen molar-refractivity contribution in [2.45, 2.75) is 0 Å². The molecule has 0 aliphatic heterocycles.